The van der Waals surface area contributed by atoms with Gasteiger partial charge in [-0.25, -0.2) is 4.98 Å². The smallest absolute Gasteiger partial charge is 0.416 e. The molecule has 2 aliphatic heterocycles. The molecule has 33 heavy (non-hydrogen) atoms. The van der Waals surface area contributed by atoms with Crippen LogP contribution in [0, 0.1) is 0 Å². The minimum Gasteiger partial charge on any atom is -0.487 e. The molecule has 9 nitrogen and oxygen atoms in total. The molecule has 0 radical (unpaired) electrons. The number of carbonyl (C=O) groups is 1. The maximum Gasteiger partial charge on any atom is 0.416 e. The molecule has 1 N–H and O–H groups in total. The quantitative estimate of drug-likeness (QED) is 0.607. The Balaban J connectivity index is 1.26. The van der Waals surface area contributed by atoms with Gasteiger partial charge >= 0.3 is 12.1 Å². The van der Waals surface area contributed by atoms with Crippen LogP contribution >= 0.6 is 11.3 Å². The van der Waals surface area contributed by atoms with Crippen molar-refractivity contribution in [3.05, 3.63) is 35.5 Å². The number of halogens is 3. The Labute approximate surface area is 189 Å². The van der Waals surface area contributed by atoms with Crippen LogP contribution < -0.4 is 9.64 Å². The summed E-state index contributed by atoms with van der Waals surface area (Å²) in [5, 5.41) is 21.3. The van der Waals surface area contributed by atoms with Crippen molar-refractivity contribution >= 4 is 22.4 Å². The third-order valence-corrected chi connectivity index (χ3v) is 7.04. The Kier molecular flexibility index (Phi) is 5.22. The minimum atomic E-state index is -4.39. The molecule has 0 amide bonds. The fraction of sp³-hybridized carbons (Fsp3) is 0.450. The van der Waals surface area contributed by atoms with Crippen LogP contribution in [-0.4, -0.2) is 55.0 Å². The van der Waals surface area contributed by atoms with Crippen LogP contribution in [0.5, 0.6) is 5.75 Å². The predicted molar refractivity (Wildman–Crippen MR) is 111 cm³/mol. The summed E-state index contributed by atoms with van der Waals surface area (Å²) >= 11 is 1.38. The SMILES string of the molecule is O=C(O)Cn1nnc(-c2cnc(N3CCC4(CCc5c(cccc5C(F)(F)F)O4)CC3)s2)n1. The first-order valence-corrected chi connectivity index (χ1v) is 11.1. The lowest BCUT2D eigenvalue weighted by atomic mass is 9.82. The topological polar surface area (TPSA) is 106 Å². The van der Waals surface area contributed by atoms with Crippen molar-refractivity contribution in [1.82, 2.24) is 25.2 Å². The zero-order valence-electron chi connectivity index (χ0n) is 17.2. The van der Waals surface area contributed by atoms with Gasteiger partial charge in [0, 0.05) is 31.5 Å². The van der Waals surface area contributed by atoms with Gasteiger partial charge in [-0.15, -0.1) is 10.2 Å². The number of hydrogen-bond donors (Lipinski definition) is 1. The van der Waals surface area contributed by atoms with Gasteiger partial charge in [-0.1, -0.05) is 17.4 Å². The molecule has 0 aliphatic carbocycles. The summed E-state index contributed by atoms with van der Waals surface area (Å²) in [5.74, 6) is -0.425. The average Bonchev–Trinajstić information content (AvgIpc) is 3.42. The van der Waals surface area contributed by atoms with E-state index in [2.05, 4.69) is 25.3 Å². The highest BCUT2D eigenvalue weighted by Gasteiger charge is 2.43. The number of anilines is 1. The number of hydrogen-bond acceptors (Lipinski definition) is 8. The number of carboxylic acids is 1. The van der Waals surface area contributed by atoms with Crippen molar-refractivity contribution < 1.29 is 27.8 Å². The maximum atomic E-state index is 13.3. The minimum absolute atomic E-state index is 0.242. The molecule has 0 atom stereocenters. The van der Waals surface area contributed by atoms with Crippen molar-refractivity contribution in [3.63, 3.8) is 0 Å². The Morgan fingerprint density at radius 2 is 2.03 bits per heavy atom. The van der Waals surface area contributed by atoms with E-state index in [9.17, 15) is 18.0 Å². The van der Waals surface area contributed by atoms with E-state index in [1.165, 1.54) is 17.4 Å². The lowest BCUT2D eigenvalue weighted by molar-refractivity contribution is -0.139. The molecule has 3 aromatic rings. The second kappa shape index (κ2) is 7.97. The number of benzene rings is 1. The van der Waals surface area contributed by atoms with E-state index < -0.39 is 23.3 Å². The monoisotopic (exact) mass is 480 g/mol. The van der Waals surface area contributed by atoms with Crippen LogP contribution in [0.2, 0.25) is 0 Å². The summed E-state index contributed by atoms with van der Waals surface area (Å²) in [7, 11) is 0. The molecule has 0 bridgehead atoms. The van der Waals surface area contributed by atoms with Crippen LogP contribution in [0.1, 0.15) is 30.4 Å². The first kappa shape index (κ1) is 21.6. The summed E-state index contributed by atoms with van der Waals surface area (Å²) in [4.78, 5) is 19.0. The molecule has 2 aliphatic rings. The van der Waals surface area contributed by atoms with Crippen molar-refractivity contribution in [3.8, 4) is 16.5 Å². The third kappa shape index (κ3) is 4.24. The first-order chi connectivity index (χ1) is 15.7. The molecule has 1 aromatic carbocycles. The number of ether oxygens (including phenoxy) is 1. The molecule has 4 heterocycles. The van der Waals surface area contributed by atoms with Crippen LogP contribution in [0.3, 0.4) is 0 Å². The van der Waals surface area contributed by atoms with Gasteiger partial charge in [0.25, 0.3) is 0 Å². The lowest BCUT2D eigenvalue weighted by Crippen LogP contribution is -2.50. The predicted octanol–water partition coefficient (Wildman–Crippen LogP) is 3.26. The zero-order chi connectivity index (χ0) is 23.2. The number of alkyl halides is 3. The molecule has 174 valence electrons. The fourth-order valence-corrected chi connectivity index (χ4v) is 5.22. The maximum absolute atomic E-state index is 13.3. The number of tetrazole rings is 1. The molecule has 0 saturated carbocycles. The van der Waals surface area contributed by atoms with Gasteiger partial charge in [0.15, 0.2) is 11.7 Å². The number of carboxylic acid groups (broad SMARTS) is 1. The van der Waals surface area contributed by atoms with Crippen molar-refractivity contribution in [1.29, 1.82) is 0 Å². The first-order valence-electron chi connectivity index (χ1n) is 10.3. The lowest BCUT2D eigenvalue weighted by Gasteiger charge is -2.45. The summed E-state index contributed by atoms with van der Waals surface area (Å²) in [6, 6.07) is 4.13. The van der Waals surface area contributed by atoms with Crippen LogP contribution in [-0.2, 0) is 23.9 Å². The van der Waals surface area contributed by atoms with Gasteiger partial charge < -0.3 is 14.7 Å². The molecule has 13 heteroatoms. The van der Waals surface area contributed by atoms with E-state index in [0.717, 1.165) is 16.0 Å². The summed E-state index contributed by atoms with van der Waals surface area (Å²) in [6.07, 6.45) is -0.544. The van der Waals surface area contributed by atoms with Crippen LogP contribution in [0.4, 0.5) is 18.3 Å². The molecule has 1 saturated heterocycles. The number of aromatic nitrogens is 5. The van der Waals surface area contributed by atoms with Gasteiger partial charge in [-0.2, -0.15) is 18.0 Å². The molecule has 2 aromatic heterocycles. The number of piperidine rings is 1. The Hall–Kier alpha value is -3.22. The second-order valence-electron chi connectivity index (χ2n) is 8.10. The van der Waals surface area contributed by atoms with Gasteiger partial charge in [0.1, 0.15) is 11.4 Å². The van der Waals surface area contributed by atoms with Gasteiger partial charge in [-0.3, -0.25) is 4.79 Å². The van der Waals surface area contributed by atoms with Gasteiger partial charge in [0.05, 0.1) is 16.6 Å². The average molecular weight is 480 g/mol. The zero-order valence-corrected chi connectivity index (χ0v) is 18.1. The molecule has 1 fully saturated rings. The largest absolute Gasteiger partial charge is 0.487 e. The summed E-state index contributed by atoms with van der Waals surface area (Å²) < 4.78 is 46.1. The number of aliphatic carboxylic acids is 1. The van der Waals surface area contributed by atoms with E-state index >= 15 is 0 Å². The molecular formula is C20H19F3N6O3S. The highest BCUT2D eigenvalue weighted by molar-refractivity contribution is 7.18. The number of rotatable bonds is 4. The van der Waals surface area contributed by atoms with Crippen molar-refractivity contribution in [2.24, 2.45) is 0 Å². The van der Waals surface area contributed by atoms with Crippen molar-refractivity contribution in [2.45, 2.75) is 44.0 Å². The van der Waals surface area contributed by atoms with E-state index in [-0.39, 0.29) is 12.1 Å². The highest BCUT2D eigenvalue weighted by atomic mass is 32.1. The normalized spacial score (nSPS) is 17.6. The summed E-state index contributed by atoms with van der Waals surface area (Å²) in [6.45, 7) is 0.932. The van der Waals surface area contributed by atoms with E-state index in [1.807, 2.05) is 0 Å². The molecular weight excluding hydrogens is 461 g/mol. The fourth-order valence-electron chi connectivity index (χ4n) is 4.32. The highest BCUT2D eigenvalue weighted by Crippen LogP contribution is 2.45. The molecule has 5 rings (SSSR count). The van der Waals surface area contributed by atoms with Crippen LogP contribution in [0.15, 0.2) is 24.4 Å². The van der Waals surface area contributed by atoms with Crippen molar-refractivity contribution in [2.75, 3.05) is 18.0 Å². The Morgan fingerprint density at radius 3 is 2.76 bits per heavy atom. The standard InChI is InChI=1S/C20H19F3N6O3S/c21-20(22,23)13-2-1-3-14-12(13)4-5-19(32-14)6-8-28(9-7-19)18-24-10-15(33-18)17-25-27-29(26-17)11-16(30)31/h1-3,10H,4-9,11H2,(H,30,31). The number of nitrogens with zero attached hydrogens (tertiary/aromatic N) is 6. The third-order valence-electron chi connectivity index (χ3n) is 5.98. The van der Waals surface area contributed by atoms with Crippen LogP contribution in [0.25, 0.3) is 10.7 Å². The second-order valence-corrected chi connectivity index (χ2v) is 9.11. The Bertz CT molecular complexity index is 1190. The molecule has 1 spiro atoms. The Morgan fingerprint density at radius 1 is 1.24 bits per heavy atom. The van der Waals surface area contributed by atoms with Gasteiger partial charge in [0.2, 0.25) is 5.82 Å². The van der Waals surface area contributed by atoms with Gasteiger partial charge in [-0.05, 0) is 30.2 Å². The number of thiazole rings is 1. The summed E-state index contributed by atoms with van der Waals surface area (Å²) in [5.41, 5.74) is -0.850. The van der Waals surface area contributed by atoms with E-state index in [1.54, 1.807) is 12.3 Å². The number of fused-ring (bicyclic) bond motifs is 1. The van der Waals surface area contributed by atoms with E-state index in [0.29, 0.717) is 55.2 Å². The van der Waals surface area contributed by atoms with E-state index in [4.69, 9.17) is 9.84 Å². The molecule has 0 unspecified atom stereocenters.